The molecule has 1 aromatic carbocycles. The Kier molecular flexibility index (Phi) is 5.67. The van der Waals surface area contributed by atoms with E-state index in [1.165, 1.54) is 32.5 Å². The Morgan fingerprint density at radius 3 is 2.77 bits per heavy atom. The van der Waals surface area contributed by atoms with E-state index in [-0.39, 0.29) is 11.0 Å². The zero-order chi connectivity index (χ0) is 18.6. The highest BCUT2D eigenvalue weighted by Gasteiger charge is 2.19. The highest BCUT2D eigenvalue weighted by molar-refractivity contribution is 7.92. The Labute approximate surface area is 153 Å². The van der Waals surface area contributed by atoms with E-state index in [0.29, 0.717) is 23.7 Å². The van der Waals surface area contributed by atoms with Gasteiger partial charge >= 0.3 is 0 Å². The van der Waals surface area contributed by atoms with E-state index in [4.69, 9.17) is 14.2 Å². The van der Waals surface area contributed by atoms with E-state index in [0.717, 1.165) is 25.9 Å². The second kappa shape index (κ2) is 7.96. The van der Waals surface area contributed by atoms with Crippen LogP contribution in [-0.2, 0) is 21.3 Å². The normalized spacial score (nSPS) is 17.7. The maximum atomic E-state index is 12.6. The van der Waals surface area contributed by atoms with E-state index in [1.807, 2.05) is 0 Å². The van der Waals surface area contributed by atoms with Crippen LogP contribution in [0.1, 0.15) is 19.3 Å². The maximum absolute atomic E-state index is 12.6. The Bertz CT molecular complexity index is 844. The quantitative estimate of drug-likeness (QED) is 0.791. The molecular formula is C17H23N3O5S. The van der Waals surface area contributed by atoms with Gasteiger partial charge in [0.1, 0.15) is 0 Å². The van der Waals surface area contributed by atoms with Crippen LogP contribution in [0.4, 0.5) is 5.69 Å². The lowest BCUT2D eigenvalue weighted by Crippen LogP contribution is -2.24. The van der Waals surface area contributed by atoms with Gasteiger partial charge in [-0.1, -0.05) is 0 Å². The Morgan fingerprint density at radius 1 is 1.27 bits per heavy atom. The lowest BCUT2D eigenvalue weighted by Gasteiger charge is -2.22. The Morgan fingerprint density at radius 2 is 2.08 bits per heavy atom. The molecule has 2 heterocycles. The number of hydrogen-bond donors (Lipinski definition) is 1. The van der Waals surface area contributed by atoms with Crippen LogP contribution in [0.3, 0.4) is 0 Å². The van der Waals surface area contributed by atoms with Gasteiger partial charge in [-0.2, -0.15) is 5.10 Å². The first kappa shape index (κ1) is 18.5. The van der Waals surface area contributed by atoms with Crippen molar-refractivity contribution in [3.8, 4) is 11.5 Å². The van der Waals surface area contributed by atoms with Gasteiger partial charge in [-0.15, -0.1) is 0 Å². The molecule has 1 aliphatic heterocycles. The minimum atomic E-state index is -3.76. The third-order valence-corrected chi connectivity index (χ3v) is 5.59. The smallest absolute Gasteiger partial charge is 0.262 e. The molecule has 1 saturated heterocycles. The number of nitrogens with zero attached hydrogens (tertiary/aromatic N) is 2. The standard InChI is InChI=1S/C17H23N3O5S/c1-23-16-7-6-15(9-17(16)24-2)26(21,22)19-13-10-18-20(11-13)12-14-5-3-4-8-25-14/h6-7,9-11,14,19H,3-5,8,12H2,1-2H3. The molecule has 0 spiro atoms. The topological polar surface area (TPSA) is 91.7 Å². The zero-order valence-corrected chi connectivity index (χ0v) is 15.7. The molecule has 26 heavy (non-hydrogen) atoms. The summed E-state index contributed by atoms with van der Waals surface area (Å²) in [6.07, 6.45) is 6.50. The minimum Gasteiger partial charge on any atom is -0.493 e. The summed E-state index contributed by atoms with van der Waals surface area (Å²) in [7, 11) is -0.809. The van der Waals surface area contributed by atoms with E-state index in [2.05, 4.69) is 9.82 Å². The molecule has 1 aromatic heterocycles. The van der Waals surface area contributed by atoms with Gasteiger partial charge in [-0.05, 0) is 31.4 Å². The van der Waals surface area contributed by atoms with Gasteiger partial charge in [0.2, 0.25) is 0 Å². The lowest BCUT2D eigenvalue weighted by molar-refractivity contribution is 0.00401. The molecule has 1 aliphatic rings. The number of ether oxygens (including phenoxy) is 3. The van der Waals surface area contributed by atoms with Crippen molar-refractivity contribution >= 4 is 15.7 Å². The molecule has 0 bridgehead atoms. The number of anilines is 1. The monoisotopic (exact) mass is 381 g/mol. The Hall–Kier alpha value is -2.26. The summed E-state index contributed by atoms with van der Waals surface area (Å²) in [6, 6.07) is 4.43. The zero-order valence-electron chi connectivity index (χ0n) is 14.8. The predicted octanol–water partition coefficient (Wildman–Crippen LogP) is 2.27. The van der Waals surface area contributed by atoms with Crippen molar-refractivity contribution in [3.05, 3.63) is 30.6 Å². The van der Waals surface area contributed by atoms with Crippen molar-refractivity contribution < 1.29 is 22.6 Å². The molecule has 0 radical (unpaired) electrons. The molecule has 0 aliphatic carbocycles. The third-order valence-electron chi connectivity index (χ3n) is 4.22. The first-order valence-electron chi connectivity index (χ1n) is 8.41. The van der Waals surface area contributed by atoms with Crippen molar-refractivity contribution in [2.24, 2.45) is 0 Å². The van der Waals surface area contributed by atoms with Crippen LogP contribution in [0.2, 0.25) is 0 Å². The first-order chi connectivity index (χ1) is 12.5. The Balaban J connectivity index is 1.71. The fourth-order valence-corrected chi connectivity index (χ4v) is 3.92. The summed E-state index contributed by atoms with van der Waals surface area (Å²) in [5.41, 5.74) is 0.399. The molecule has 3 rings (SSSR count). The second-order valence-electron chi connectivity index (χ2n) is 6.06. The fourth-order valence-electron chi connectivity index (χ4n) is 2.87. The largest absolute Gasteiger partial charge is 0.493 e. The molecule has 0 saturated carbocycles. The molecular weight excluding hydrogens is 358 g/mol. The van der Waals surface area contributed by atoms with Crippen molar-refractivity contribution in [2.45, 2.75) is 36.8 Å². The van der Waals surface area contributed by atoms with Crippen LogP contribution in [0.5, 0.6) is 11.5 Å². The van der Waals surface area contributed by atoms with Crippen LogP contribution in [0, 0.1) is 0 Å². The van der Waals surface area contributed by atoms with Crippen molar-refractivity contribution in [3.63, 3.8) is 0 Å². The summed E-state index contributed by atoms with van der Waals surface area (Å²) >= 11 is 0. The summed E-state index contributed by atoms with van der Waals surface area (Å²) < 4.78 is 45.4. The third kappa shape index (κ3) is 4.28. The molecule has 1 atom stereocenters. The number of benzene rings is 1. The molecule has 9 heteroatoms. The summed E-state index contributed by atoms with van der Waals surface area (Å²) in [5, 5.41) is 4.21. The van der Waals surface area contributed by atoms with Gasteiger partial charge in [0, 0.05) is 18.9 Å². The van der Waals surface area contributed by atoms with E-state index >= 15 is 0 Å². The summed E-state index contributed by atoms with van der Waals surface area (Å²) in [6.45, 7) is 1.38. The van der Waals surface area contributed by atoms with Crippen LogP contribution in [-0.4, -0.2) is 45.1 Å². The number of sulfonamides is 1. The molecule has 8 nitrogen and oxygen atoms in total. The van der Waals surface area contributed by atoms with E-state index < -0.39 is 10.0 Å². The van der Waals surface area contributed by atoms with Gasteiger partial charge in [0.05, 0.1) is 43.6 Å². The highest BCUT2D eigenvalue weighted by atomic mass is 32.2. The predicted molar refractivity (Wildman–Crippen MR) is 96.2 cm³/mol. The van der Waals surface area contributed by atoms with E-state index in [9.17, 15) is 8.42 Å². The first-order valence-corrected chi connectivity index (χ1v) is 9.89. The maximum Gasteiger partial charge on any atom is 0.262 e. The SMILES string of the molecule is COc1ccc(S(=O)(=O)Nc2cnn(CC3CCCCO3)c2)cc1OC. The fraction of sp³-hybridized carbons (Fsp3) is 0.471. The van der Waals surface area contributed by atoms with Crippen LogP contribution in [0.25, 0.3) is 0 Å². The minimum absolute atomic E-state index is 0.0820. The van der Waals surface area contributed by atoms with Crippen molar-refractivity contribution in [2.75, 3.05) is 25.5 Å². The van der Waals surface area contributed by atoms with Gasteiger partial charge < -0.3 is 14.2 Å². The van der Waals surface area contributed by atoms with Crippen LogP contribution in [0.15, 0.2) is 35.5 Å². The highest BCUT2D eigenvalue weighted by Crippen LogP contribution is 2.30. The average Bonchev–Trinajstić information content (AvgIpc) is 3.08. The number of hydrogen-bond acceptors (Lipinski definition) is 6. The van der Waals surface area contributed by atoms with Crippen LogP contribution >= 0.6 is 0 Å². The van der Waals surface area contributed by atoms with E-state index in [1.54, 1.807) is 16.9 Å². The summed E-state index contributed by atoms with van der Waals surface area (Å²) in [5.74, 6) is 0.812. The molecule has 1 unspecified atom stereocenters. The van der Waals surface area contributed by atoms with Crippen LogP contribution < -0.4 is 14.2 Å². The number of aromatic nitrogens is 2. The lowest BCUT2D eigenvalue weighted by atomic mass is 10.1. The second-order valence-corrected chi connectivity index (χ2v) is 7.74. The summed E-state index contributed by atoms with van der Waals surface area (Å²) in [4.78, 5) is 0.0820. The van der Waals surface area contributed by atoms with Crippen molar-refractivity contribution in [1.82, 2.24) is 9.78 Å². The number of rotatable bonds is 7. The molecule has 2 aromatic rings. The number of methoxy groups -OCH3 is 2. The van der Waals surface area contributed by atoms with Crippen molar-refractivity contribution in [1.29, 1.82) is 0 Å². The van der Waals surface area contributed by atoms with Gasteiger partial charge in [-0.25, -0.2) is 8.42 Å². The molecule has 1 fully saturated rings. The average molecular weight is 381 g/mol. The molecule has 0 amide bonds. The molecule has 1 N–H and O–H groups in total. The van der Waals surface area contributed by atoms with Gasteiger partial charge in [0.25, 0.3) is 10.0 Å². The van der Waals surface area contributed by atoms with Gasteiger partial charge in [-0.3, -0.25) is 9.40 Å². The van der Waals surface area contributed by atoms with Gasteiger partial charge in [0.15, 0.2) is 11.5 Å². The number of nitrogens with one attached hydrogen (secondary N) is 1. The molecule has 142 valence electrons.